The van der Waals surface area contributed by atoms with Crippen LogP contribution in [0.2, 0.25) is 0 Å². The van der Waals surface area contributed by atoms with Crippen LogP contribution in [0.5, 0.6) is 0 Å². The number of hydrogen-bond acceptors (Lipinski definition) is 3. The Hall–Kier alpha value is -1.19. The third kappa shape index (κ3) is 4.15. The number of rotatable bonds is 5. The number of hydrogen-bond donors (Lipinski definition) is 0. The van der Waals surface area contributed by atoms with Crippen LogP contribution in [-0.2, 0) is 9.47 Å². The van der Waals surface area contributed by atoms with E-state index < -0.39 is 0 Å². The van der Waals surface area contributed by atoms with Crippen molar-refractivity contribution in [3.8, 4) is 0 Å². The van der Waals surface area contributed by atoms with Crippen LogP contribution < -0.4 is 0 Å². The summed E-state index contributed by atoms with van der Waals surface area (Å²) < 4.78 is 10.9. The van der Waals surface area contributed by atoms with E-state index in [-0.39, 0.29) is 18.5 Å². The van der Waals surface area contributed by atoms with Crippen LogP contribution >= 0.6 is 0 Å². The number of carbonyl (C=O) groups excluding carboxylic acids is 1. The van der Waals surface area contributed by atoms with E-state index in [2.05, 4.69) is 13.8 Å². The van der Waals surface area contributed by atoms with Gasteiger partial charge in [-0.25, -0.2) is 0 Å². The Balaban J connectivity index is 1.85. The Morgan fingerprint density at radius 2 is 1.89 bits per heavy atom. The molecule has 1 saturated heterocycles. The minimum absolute atomic E-state index is 0.0572. The molecule has 0 N–H and O–H groups in total. The van der Waals surface area contributed by atoms with Crippen molar-refractivity contribution >= 4 is 5.78 Å². The molecule has 1 fully saturated rings. The second-order valence-electron chi connectivity index (χ2n) is 5.32. The Labute approximate surface area is 114 Å². The number of carbonyl (C=O) groups is 1. The average Bonchev–Trinajstić information content (AvgIpc) is 2.46. The molecule has 0 aromatic heterocycles. The van der Waals surface area contributed by atoms with E-state index in [0.29, 0.717) is 5.92 Å². The summed E-state index contributed by atoms with van der Waals surface area (Å²) in [5.41, 5.74) is 1.98. The molecule has 0 saturated carbocycles. The topological polar surface area (TPSA) is 35.5 Å². The van der Waals surface area contributed by atoms with Crippen molar-refractivity contribution in [2.45, 2.75) is 38.7 Å². The van der Waals surface area contributed by atoms with Crippen LogP contribution in [0.15, 0.2) is 24.3 Å². The summed E-state index contributed by atoms with van der Waals surface area (Å²) in [4.78, 5) is 12.0. The van der Waals surface area contributed by atoms with Crippen molar-refractivity contribution in [3.63, 3.8) is 0 Å². The molecule has 19 heavy (non-hydrogen) atoms. The van der Waals surface area contributed by atoms with Crippen LogP contribution in [0.1, 0.15) is 48.5 Å². The van der Waals surface area contributed by atoms with Gasteiger partial charge in [0.05, 0.1) is 6.10 Å². The summed E-state index contributed by atoms with van der Waals surface area (Å²) in [7, 11) is 0. The van der Waals surface area contributed by atoms with Gasteiger partial charge in [0.2, 0.25) is 0 Å². The molecular weight excluding hydrogens is 240 g/mol. The fraction of sp³-hybridized carbons (Fsp3) is 0.562. The van der Waals surface area contributed by atoms with Gasteiger partial charge in [0.1, 0.15) is 6.61 Å². The van der Waals surface area contributed by atoms with Crippen molar-refractivity contribution in [2.24, 2.45) is 0 Å². The van der Waals surface area contributed by atoms with Gasteiger partial charge in [0.15, 0.2) is 5.78 Å². The second kappa shape index (κ2) is 6.83. The van der Waals surface area contributed by atoms with Crippen LogP contribution in [0.4, 0.5) is 0 Å². The minimum Gasteiger partial charge on any atom is -0.381 e. The van der Waals surface area contributed by atoms with Crippen molar-refractivity contribution in [2.75, 3.05) is 19.8 Å². The van der Waals surface area contributed by atoms with E-state index >= 15 is 0 Å². The van der Waals surface area contributed by atoms with E-state index in [1.165, 1.54) is 5.56 Å². The van der Waals surface area contributed by atoms with Crippen molar-refractivity contribution in [1.29, 1.82) is 0 Å². The van der Waals surface area contributed by atoms with E-state index in [4.69, 9.17) is 9.47 Å². The predicted molar refractivity (Wildman–Crippen MR) is 74.7 cm³/mol. The molecule has 1 aromatic carbocycles. The molecule has 1 heterocycles. The summed E-state index contributed by atoms with van der Waals surface area (Å²) in [6, 6.07) is 7.83. The van der Waals surface area contributed by atoms with Crippen molar-refractivity contribution in [1.82, 2.24) is 0 Å². The highest BCUT2D eigenvalue weighted by Gasteiger charge is 2.16. The van der Waals surface area contributed by atoms with E-state index in [0.717, 1.165) is 31.6 Å². The van der Waals surface area contributed by atoms with Gasteiger partial charge in [0, 0.05) is 18.8 Å². The van der Waals surface area contributed by atoms with E-state index in [9.17, 15) is 4.79 Å². The molecule has 0 aliphatic carbocycles. The average molecular weight is 262 g/mol. The van der Waals surface area contributed by atoms with Gasteiger partial charge < -0.3 is 9.47 Å². The lowest BCUT2D eigenvalue weighted by Gasteiger charge is -2.22. The fourth-order valence-corrected chi connectivity index (χ4v) is 2.17. The molecule has 1 aliphatic heterocycles. The summed E-state index contributed by atoms with van der Waals surface area (Å²) in [6.45, 7) is 5.94. The zero-order valence-electron chi connectivity index (χ0n) is 11.7. The maximum atomic E-state index is 12.0. The molecule has 1 aromatic rings. The van der Waals surface area contributed by atoms with E-state index in [1.54, 1.807) is 0 Å². The lowest BCUT2D eigenvalue weighted by molar-refractivity contribution is -0.0262. The third-order valence-corrected chi connectivity index (χ3v) is 3.52. The van der Waals surface area contributed by atoms with Gasteiger partial charge in [-0.3, -0.25) is 4.79 Å². The SMILES string of the molecule is CC(C)c1ccc(C(=O)COC2CCOCC2)cc1. The first-order chi connectivity index (χ1) is 9.16. The van der Waals surface area contributed by atoms with Crippen LogP contribution in [-0.4, -0.2) is 31.7 Å². The minimum atomic E-state index is 0.0572. The first kappa shape index (κ1) is 14.2. The van der Waals surface area contributed by atoms with Gasteiger partial charge in [-0.1, -0.05) is 38.1 Å². The molecule has 0 unspecified atom stereocenters. The number of Topliss-reactive ketones (excluding diaryl/α,β-unsaturated/α-hetero) is 1. The predicted octanol–water partition coefficient (Wildman–Crippen LogP) is 3.19. The normalized spacial score (nSPS) is 16.8. The Morgan fingerprint density at radius 3 is 2.47 bits per heavy atom. The first-order valence-corrected chi connectivity index (χ1v) is 6.99. The smallest absolute Gasteiger partial charge is 0.188 e. The summed E-state index contributed by atoms with van der Waals surface area (Å²) in [6.07, 6.45) is 1.95. The summed E-state index contributed by atoms with van der Waals surface area (Å²) in [5, 5.41) is 0. The summed E-state index contributed by atoms with van der Waals surface area (Å²) in [5.74, 6) is 0.546. The molecule has 3 nitrogen and oxygen atoms in total. The maximum Gasteiger partial charge on any atom is 0.188 e. The van der Waals surface area contributed by atoms with Crippen molar-refractivity contribution in [3.05, 3.63) is 35.4 Å². The first-order valence-electron chi connectivity index (χ1n) is 6.99. The van der Waals surface area contributed by atoms with Gasteiger partial charge in [-0.2, -0.15) is 0 Å². The lowest BCUT2D eigenvalue weighted by Crippen LogP contribution is -2.25. The largest absolute Gasteiger partial charge is 0.381 e. The zero-order valence-corrected chi connectivity index (χ0v) is 11.7. The highest BCUT2D eigenvalue weighted by molar-refractivity contribution is 5.97. The maximum absolute atomic E-state index is 12.0. The van der Waals surface area contributed by atoms with Crippen LogP contribution in [0.3, 0.4) is 0 Å². The Kier molecular flexibility index (Phi) is 5.11. The molecular formula is C16H22O3. The number of benzene rings is 1. The molecule has 0 bridgehead atoms. The number of ether oxygens (including phenoxy) is 2. The molecule has 3 heteroatoms. The van der Waals surface area contributed by atoms with Gasteiger partial charge in [0.25, 0.3) is 0 Å². The highest BCUT2D eigenvalue weighted by atomic mass is 16.5. The van der Waals surface area contributed by atoms with Crippen molar-refractivity contribution < 1.29 is 14.3 Å². The Morgan fingerprint density at radius 1 is 1.26 bits per heavy atom. The molecule has 1 aliphatic rings. The van der Waals surface area contributed by atoms with Gasteiger partial charge in [-0.05, 0) is 24.3 Å². The van der Waals surface area contributed by atoms with E-state index in [1.807, 2.05) is 24.3 Å². The fourth-order valence-electron chi connectivity index (χ4n) is 2.17. The molecule has 0 atom stereocenters. The molecule has 0 amide bonds. The summed E-state index contributed by atoms with van der Waals surface area (Å²) >= 11 is 0. The lowest BCUT2D eigenvalue weighted by atomic mass is 10.0. The molecule has 104 valence electrons. The highest BCUT2D eigenvalue weighted by Crippen LogP contribution is 2.16. The van der Waals surface area contributed by atoms with Crippen LogP contribution in [0.25, 0.3) is 0 Å². The quantitative estimate of drug-likeness (QED) is 0.764. The third-order valence-electron chi connectivity index (χ3n) is 3.52. The van der Waals surface area contributed by atoms with Gasteiger partial charge in [-0.15, -0.1) is 0 Å². The second-order valence-corrected chi connectivity index (χ2v) is 5.32. The zero-order chi connectivity index (χ0) is 13.7. The number of ketones is 1. The molecule has 0 radical (unpaired) electrons. The van der Waals surface area contributed by atoms with Gasteiger partial charge >= 0.3 is 0 Å². The molecule has 0 spiro atoms. The Bertz CT molecular complexity index is 403. The molecule has 2 rings (SSSR count). The monoisotopic (exact) mass is 262 g/mol. The standard InChI is InChI=1S/C16H22O3/c1-12(2)13-3-5-14(6-4-13)16(17)11-19-15-7-9-18-10-8-15/h3-6,12,15H,7-11H2,1-2H3. The van der Waals surface area contributed by atoms with Crippen LogP contribution in [0, 0.1) is 0 Å².